The average molecular weight is 295 g/mol. The fourth-order valence-corrected chi connectivity index (χ4v) is 1.99. The Labute approximate surface area is 109 Å². The van der Waals surface area contributed by atoms with Gasteiger partial charge < -0.3 is 11.1 Å². The van der Waals surface area contributed by atoms with E-state index in [1.54, 1.807) is 0 Å². The summed E-state index contributed by atoms with van der Waals surface area (Å²) in [4.78, 5) is 0. The van der Waals surface area contributed by atoms with Crippen LogP contribution in [0.25, 0.3) is 0 Å². The number of nitrogens with one attached hydrogen (secondary N) is 1. The van der Waals surface area contributed by atoms with Gasteiger partial charge in [0.25, 0.3) is 0 Å². The summed E-state index contributed by atoms with van der Waals surface area (Å²) < 4.78 is 2.83. The number of hydrogen-bond acceptors (Lipinski definition) is 3. The Morgan fingerprint density at radius 1 is 1.47 bits per heavy atom. The molecule has 3 N–H and O–H groups in total. The molecule has 0 fully saturated rings. The van der Waals surface area contributed by atoms with Crippen molar-refractivity contribution in [3.63, 3.8) is 0 Å². The zero-order valence-electron chi connectivity index (χ0n) is 9.65. The standard InChI is InChI=1S/C12H15BrN4/c1-17-8-9(7-16-17)4-5-15-12-6-10(13)2-3-11(12)14/h2-3,6-8,15H,4-5,14H2,1H3. The van der Waals surface area contributed by atoms with Gasteiger partial charge in [-0.3, -0.25) is 4.68 Å². The Morgan fingerprint density at radius 2 is 2.29 bits per heavy atom. The molecular formula is C12H15BrN4. The quantitative estimate of drug-likeness (QED) is 0.852. The van der Waals surface area contributed by atoms with E-state index in [2.05, 4.69) is 26.3 Å². The lowest BCUT2D eigenvalue weighted by Gasteiger charge is -2.08. The Bertz CT molecular complexity index is 507. The summed E-state index contributed by atoms with van der Waals surface area (Å²) in [7, 11) is 1.92. The first-order valence-corrected chi connectivity index (χ1v) is 6.21. The number of hydrogen-bond donors (Lipinski definition) is 2. The molecule has 90 valence electrons. The van der Waals surface area contributed by atoms with Crippen molar-refractivity contribution in [3.8, 4) is 0 Å². The number of nitrogens with two attached hydrogens (primary N) is 1. The number of benzene rings is 1. The van der Waals surface area contributed by atoms with Crippen LogP contribution in [-0.4, -0.2) is 16.3 Å². The minimum atomic E-state index is 0.763. The van der Waals surface area contributed by atoms with Gasteiger partial charge in [-0.05, 0) is 30.2 Å². The van der Waals surface area contributed by atoms with Gasteiger partial charge in [0.2, 0.25) is 0 Å². The predicted molar refractivity (Wildman–Crippen MR) is 74.0 cm³/mol. The molecule has 0 spiro atoms. The highest BCUT2D eigenvalue weighted by atomic mass is 79.9. The Balaban J connectivity index is 1.91. The van der Waals surface area contributed by atoms with E-state index in [0.29, 0.717) is 0 Å². The van der Waals surface area contributed by atoms with Crippen LogP contribution in [0.2, 0.25) is 0 Å². The SMILES string of the molecule is Cn1cc(CCNc2cc(Br)ccc2N)cn1. The van der Waals surface area contributed by atoms with Crippen molar-refractivity contribution < 1.29 is 0 Å². The van der Waals surface area contributed by atoms with E-state index in [-0.39, 0.29) is 0 Å². The molecule has 17 heavy (non-hydrogen) atoms. The molecule has 0 amide bonds. The van der Waals surface area contributed by atoms with Crippen LogP contribution in [0.4, 0.5) is 11.4 Å². The number of aryl methyl sites for hydroxylation is 1. The van der Waals surface area contributed by atoms with Gasteiger partial charge in [-0.25, -0.2) is 0 Å². The summed E-state index contributed by atoms with van der Waals surface area (Å²) in [6, 6.07) is 5.80. The Kier molecular flexibility index (Phi) is 3.68. The van der Waals surface area contributed by atoms with E-state index in [4.69, 9.17) is 5.73 Å². The zero-order chi connectivity index (χ0) is 12.3. The van der Waals surface area contributed by atoms with E-state index in [1.807, 2.05) is 42.3 Å². The topological polar surface area (TPSA) is 55.9 Å². The molecule has 1 heterocycles. The summed E-state index contributed by atoms with van der Waals surface area (Å²) >= 11 is 3.43. The van der Waals surface area contributed by atoms with Crippen molar-refractivity contribution in [2.24, 2.45) is 7.05 Å². The van der Waals surface area contributed by atoms with Crippen LogP contribution in [0.15, 0.2) is 35.1 Å². The molecule has 0 saturated heterocycles. The maximum Gasteiger partial charge on any atom is 0.0585 e. The van der Waals surface area contributed by atoms with Crippen molar-refractivity contribution in [1.29, 1.82) is 0 Å². The normalized spacial score (nSPS) is 10.5. The lowest BCUT2D eigenvalue weighted by molar-refractivity contribution is 0.767. The van der Waals surface area contributed by atoms with Gasteiger partial charge in [0.15, 0.2) is 0 Å². The number of aromatic nitrogens is 2. The third-order valence-electron chi connectivity index (χ3n) is 2.50. The maximum absolute atomic E-state index is 5.87. The molecule has 5 heteroatoms. The minimum absolute atomic E-state index is 0.763. The van der Waals surface area contributed by atoms with Crippen LogP contribution < -0.4 is 11.1 Å². The van der Waals surface area contributed by atoms with Crippen LogP contribution in [0.1, 0.15) is 5.56 Å². The van der Waals surface area contributed by atoms with Crippen LogP contribution in [0.3, 0.4) is 0 Å². The minimum Gasteiger partial charge on any atom is -0.397 e. The summed E-state index contributed by atoms with van der Waals surface area (Å²) in [5, 5.41) is 7.45. The molecular weight excluding hydrogens is 280 g/mol. The molecule has 0 unspecified atom stereocenters. The number of rotatable bonds is 4. The van der Waals surface area contributed by atoms with Gasteiger partial charge in [-0.2, -0.15) is 5.10 Å². The first-order chi connectivity index (χ1) is 8.15. The second-order valence-electron chi connectivity index (χ2n) is 3.93. The highest BCUT2D eigenvalue weighted by molar-refractivity contribution is 9.10. The summed E-state index contributed by atoms with van der Waals surface area (Å²) in [6.07, 6.45) is 4.83. The van der Waals surface area contributed by atoms with E-state index < -0.39 is 0 Å². The molecule has 4 nitrogen and oxygen atoms in total. The summed E-state index contributed by atoms with van der Waals surface area (Å²) in [6.45, 7) is 0.840. The van der Waals surface area contributed by atoms with E-state index in [9.17, 15) is 0 Å². The van der Waals surface area contributed by atoms with Gasteiger partial charge in [0.05, 0.1) is 17.6 Å². The molecule has 0 aliphatic rings. The molecule has 0 radical (unpaired) electrons. The molecule has 1 aromatic heterocycles. The zero-order valence-corrected chi connectivity index (χ0v) is 11.2. The molecule has 0 aliphatic carbocycles. The fraction of sp³-hybridized carbons (Fsp3) is 0.250. The number of nitrogen functional groups attached to an aromatic ring is 1. The van der Waals surface area contributed by atoms with Gasteiger partial charge in [-0.15, -0.1) is 0 Å². The Hall–Kier alpha value is -1.49. The van der Waals surface area contributed by atoms with Gasteiger partial charge in [0, 0.05) is 24.3 Å². The van der Waals surface area contributed by atoms with Crippen molar-refractivity contribution in [2.45, 2.75) is 6.42 Å². The summed E-state index contributed by atoms with van der Waals surface area (Å²) in [5.41, 5.74) is 8.81. The molecule has 0 aliphatic heterocycles. The predicted octanol–water partition coefficient (Wildman–Crippen LogP) is 2.42. The highest BCUT2D eigenvalue weighted by Crippen LogP contribution is 2.23. The van der Waals surface area contributed by atoms with E-state index in [0.717, 1.165) is 28.8 Å². The van der Waals surface area contributed by atoms with Gasteiger partial charge >= 0.3 is 0 Å². The second-order valence-corrected chi connectivity index (χ2v) is 4.85. The molecule has 0 saturated carbocycles. The van der Waals surface area contributed by atoms with E-state index >= 15 is 0 Å². The largest absolute Gasteiger partial charge is 0.397 e. The molecule has 2 aromatic rings. The van der Waals surface area contributed by atoms with Crippen LogP contribution >= 0.6 is 15.9 Å². The fourth-order valence-electron chi connectivity index (χ4n) is 1.62. The molecule has 0 bridgehead atoms. The highest BCUT2D eigenvalue weighted by Gasteiger charge is 2.00. The van der Waals surface area contributed by atoms with Gasteiger partial charge in [0.1, 0.15) is 0 Å². The van der Waals surface area contributed by atoms with Crippen LogP contribution in [0.5, 0.6) is 0 Å². The lowest BCUT2D eigenvalue weighted by atomic mass is 10.2. The first kappa shape index (κ1) is 12.0. The van der Waals surface area contributed by atoms with Crippen LogP contribution in [0, 0.1) is 0 Å². The maximum atomic E-state index is 5.87. The van der Waals surface area contributed by atoms with Crippen LogP contribution in [-0.2, 0) is 13.5 Å². The Morgan fingerprint density at radius 3 is 3.00 bits per heavy atom. The average Bonchev–Trinajstić information content (AvgIpc) is 2.69. The number of halogens is 1. The summed E-state index contributed by atoms with van der Waals surface area (Å²) in [5.74, 6) is 0. The monoisotopic (exact) mass is 294 g/mol. The van der Waals surface area contributed by atoms with Crippen molar-refractivity contribution in [2.75, 3.05) is 17.6 Å². The van der Waals surface area contributed by atoms with E-state index in [1.165, 1.54) is 5.56 Å². The third kappa shape index (κ3) is 3.23. The third-order valence-corrected chi connectivity index (χ3v) is 3.00. The van der Waals surface area contributed by atoms with Crippen molar-refractivity contribution in [1.82, 2.24) is 9.78 Å². The molecule has 0 atom stereocenters. The number of anilines is 2. The second kappa shape index (κ2) is 5.23. The molecule has 2 rings (SSSR count). The number of nitrogens with zero attached hydrogens (tertiary/aromatic N) is 2. The van der Waals surface area contributed by atoms with Crippen molar-refractivity contribution >= 4 is 27.3 Å². The first-order valence-electron chi connectivity index (χ1n) is 5.41. The smallest absolute Gasteiger partial charge is 0.0585 e. The van der Waals surface area contributed by atoms with Gasteiger partial charge in [-0.1, -0.05) is 15.9 Å². The van der Waals surface area contributed by atoms with Crippen molar-refractivity contribution in [3.05, 3.63) is 40.6 Å². The molecule has 1 aromatic carbocycles. The lowest BCUT2D eigenvalue weighted by Crippen LogP contribution is -2.06.